The van der Waals surface area contributed by atoms with E-state index in [2.05, 4.69) is 18.7 Å². The van der Waals surface area contributed by atoms with Crippen molar-refractivity contribution in [3.8, 4) is 0 Å². The topological polar surface area (TPSA) is 30.9 Å². The van der Waals surface area contributed by atoms with Gasteiger partial charge in [0.05, 0.1) is 0 Å². The molecule has 0 unspecified atom stereocenters. The summed E-state index contributed by atoms with van der Waals surface area (Å²) in [5, 5.41) is 0. The van der Waals surface area contributed by atoms with Gasteiger partial charge in [-0.15, -0.1) is 0 Å². The number of rotatable bonds is 14. The summed E-state index contributed by atoms with van der Waals surface area (Å²) >= 11 is 0. The molecule has 0 heterocycles. The van der Waals surface area contributed by atoms with E-state index >= 15 is 0 Å². The highest BCUT2D eigenvalue weighted by molar-refractivity contribution is 6.60. The average molecular weight is 306 g/mol. The van der Waals surface area contributed by atoms with Crippen molar-refractivity contribution in [3.63, 3.8) is 0 Å². The zero-order chi connectivity index (χ0) is 15.3. The Kier molecular flexibility index (Phi) is 12.8. The van der Waals surface area contributed by atoms with Gasteiger partial charge in [0.25, 0.3) is 0 Å². The zero-order valence-corrected chi connectivity index (χ0v) is 15.2. The lowest BCUT2D eigenvalue weighted by Crippen LogP contribution is -2.46. The second kappa shape index (κ2) is 12.8. The van der Waals surface area contributed by atoms with E-state index in [1.807, 2.05) is 20.8 Å². The Morgan fingerprint density at radius 3 is 1.50 bits per heavy atom. The summed E-state index contributed by atoms with van der Waals surface area (Å²) in [5.74, 6) is 0. The predicted octanol–water partition coefficient (Wildman–Crippen LogP) is 3.55. The third kappa shape index (κ3) is 8.37. The Labute approximate surface area is 127 Å². The molecule has 5 heteroatoms. The first-order chi connectivity index (χ1) is 9.67. The summed E-state index contributed by atoms with van der Waals surface area (Å²) in [6.07, 6.45) is 3.52. The molecule has 4 nitrogen and oxygen atoms in total. The van der Waals surface area contributed by atoms with Crippen LogP contribution in [0.4, 0.5) is 0 Å². The van der Waals surface area contributed by atoms with Crippen LogP contribution in [0.2, 0.25) is 6.04 Å². The van der Waals surface area contributed by atoms with Crippen LogP contribution in [0.15, 0.2) is 0 Å². The van der Waals surface area contributed by atoms with E-state index in [4.69, 9.17) is 13.3 Å². The standard InChI is InChI=1S/C15H35NO3Si/c1-6-12-16(13-7-2)14-11-15-20(17-8-3,18-9-4)19-10-5/h6-15H2,1-5H3. The van der Waals surface area contributed by atoms with E-state index in [1.54, 1.807) is 0 Å². The first-order valence-corrected chi connectivity index (χ1v) is 10.2. The summed E-state index contributed by atoms with van der Waals surface area (Å²) in [6, 6.07) is 0.923. The van der Waals surface area contributed by atoms with Crippen molar-refractivity contribution in [1.82, 2.24) is 4.90 Å². The van der Waals surface area contributed by atoms with Gasteiger partial charge in [-0.1, -0.05) is 13.8 Å². The maximum atomic E-state index is 5.89. The highest BCUT2D eigenvalue weighted by Crippen LogP contribution is 2.18. The summed E-state index contributed by atoms with van der Waals surface area (Å²) in [4.78, 5) is 2.53. The molecule has 0 amide bonds. The van der Waals surface area contributed by atoms with Crippen LogP contribution in [0.25, 0.3) is 0 Å². The maximum absolute atomic E-state index is 5.89. The van der Waals surface area contributed by atoms with Crippen LogP contribution < -0.4 is 0 Å². The van der Waals surface area contributed by atoms with E-state index in [9.17, 15) is 0 Å². The lowest BCUT2D eigenvalue weighted by molar-refractivity contribution is 0.0699. The van der Waals surface area contributed by atoms with E-state index in [0.717, 1.165) is 19.0 Å². The summed E-state index contributed by atoms with van der Waals surface area (Å²) in [6.45, 7) is 16.0. The van der Waals surface area contributed by atoms with E-state index in [-0.39, 0.29) is 0 Å². The van der Waals surface area contributed by atoms with Gasteiger partial charge in [-0.2, -0.15) is 0 Å². The third-order valence-corrected chi connectivity index (χ3v) is 6.28. The molecular formula is C15H35NO3Si. The summed E-state index contributed by atoms with van der Waals surface area (Å²) in [7, 11) is -2.43. The predicted molar refractivity (Wildman–Crippen MR) is 87.1 cm³/mol. The van der Waals surface area contributed by atoms with Gasteiger partial charge in [-0.05, 0) is 59.7 Å². The zero-order valence-electron chi connectivity index (χ0n) is 14.2. The molecule has 0 aromatic rings. The smallest absolute Gasteiger partial charge is 0.374 e. The van der Waals surface area contributed by atoms with Gasteiger partial charge >= 0.3 is 8.80 Å². The van der Waals surface area contributed by atoms with Crippen LogP contribution in [0.1, 0.15) is 53.9 Å². The SMILES string of the molecule is CCCN(CCC)CCC[Si](OCC)(OCC)OCC. The van der Waals surface area contributed by atoms with Crippen molar-refractivity contribution < 1.29 is 13.3 Å². The Hall–Kier alpha value is 0.0569. The molecular weight excluding hydrogens is 270 g/mol. The van der Waals surface area contributed by atoms with Gasteiger partial charge in [0.15, 0.2) is 0 Å². The minimum atomic E-state index is -2.43. The van der Waals surface area contributed by atoms with Crippen LogP contribution in [-0.4, -0.2) is 53.2 Å². The first-order valence-electron chi connectivity index (χ1n) is 8.32. The second-order valence-corrected chi connectivity index (χ2v) is 7.66. The molecule has 0 radical (unpaired) electrons. The van der Waals surface area contributed by atoms with Crippen molar-refractivity contribution in [1.29, 1.82) is 0 Å². The molecule has 0 atom stereocenters. The van der Waals surface area contributed by atoms with Gasteiger partial charge in [0.2, 0.25) is 0 Å². The molecule has 0 saturated carbocycles. The van der Waals surface area contributed by atoms with Crippen molar-refractivity contribution in [3.05, 3.63) is 0 Å². The molecule has 0 saturated heterocycles. The molecule has 0 N–H and O–H groups in total. The Bertz CT molecular complexity index is 194. The fourth-order valence-electron chi connectivity index (χ4n) is 2.49. The average Bonchev–Trinajstić information content (AvgIpc) is 2.40. The van der Waals surface area contributed by atoms with Crippen LogP contribution in [0.3, 0.4) is 0 Å². The summed E-state index contributed by atoms with van der Waals surface area (Å²) < 4.78 is 17.7. The van der Waals surface area contributed by atoms with E-state index in [0.29, 0.717) is 19.8 Å². The van der Waals surface area contributed by atoms with Gasteiger partial charge in [-0.3, -0.25) is 0 Å². The van der Waals surface area contributed by atoms with Gasteiger partial charge in [0, 0.05) is 25.9 Å². The maximum Gasteiger partial charge on any atom is 0.500 e. The first kappa shape index (κ1) is 20.1. The minimum Gasteiger partial charge on any atom is -0.374 e. The van der Waals surface area contributed by atoms with Crippen LogP contribution in [0, 0.1) is 0 Å². The number of nitrogens with zero attached hydrogens (tertiary/aromatic N) is 1. The Balaban J connectivity index is 4.34. The van der Waals surface area contributed by atoms with Crippen molar-refractivity contribution in [2.24, 2.45) is 0 Å². The van der Waals surface area contributed by atoms with Gasteiger partial charge in [0.1, 0.15) is 0 Å². The van der Waals surface area contributed by atoms with Crippen LogP contribution in [0.5, 0.6) is 0 Å². The van der Waals surface area contributed by atoms with Crippen LogP contribution in [-0.2, 0) is 13.3 Å². The van der Waals surface area contributed by atoms with Crippen LogP contribution >= 0.6 is 0 Å². The molecule has 0 spiro atoms. The molecule has 0 aliphatic carbocycles. The normalized spacial score (nSPS) is 12.3. The molecule has 0 aliphatic heterocycles. The Morgan fingerprint density at radius 2 is 1.15 bits per heavy atom. The molecule has 0 fully saturated rings. The summed E-state index contributed by atoms with van der Waals surface area (Å²) in [5.41, 5.74) is 0. The second-order valence-electron chi connectivity index (χ2n) is 4.93. The molecule has 122 valence electrons. The molecule has 0 aromatic carbocycles. The molecule has 20 heavy (non-hydrogen) atoms. The highest BCUT2D eigenvalue weighted by Gasteiger charge is 2.39. The monoisotopic (exact) mass is 305 g/mol. The van der Waals surface area contributed by atoms with Crippen molar-refractivity contribution in [2.75, 3.05) is 39.5 Å². The van der Waals surface area contributed by atoms with Crippen molar-refractivity contribution in [2.45, 2.75) is 59.9 Å². The third-order valence-electron chi connectivity index (χ3n) is 3.13. The molecule has 0 aliphatic rings. The van der Waals surface area contributed by atoms with E-state index in [1.165, 1.54) is 25.9 Å². The van der Waals surface area contributed by atoms with Crippen molar-refractivity contribution >= 4 is 8.80 Å². The highest BCUT2D eigenvalue weighted by atomic mass is 28.4. The fourth-order valence-corrected chi connectivity index (χ4v) is 5.08. The van der Waals surface area contributed by atoms with Gasteiger partial charge < -0.3 is 18.2 Å². The molecule has 0 aromatic heterocycles. The molecule has 0 rings (SSSR count). The Morgan fingerprint density at radius 1 is 0.700 bits per heavy atom. The van der Waals surface area contributed by atoms with E-state index < -0.39 is 8.80 Å². The largest absolute Gasteiger partial charge is 0.500 e. The van der Waals surface area contributed by atoms with Gasteiger partial charge in [-0.25, -0.2) is 0 Å². The number of hydrogen-bond donors (Lipinski definition) is 0. The molecule has 0 bridgehead atoms. The lowest BCUT2D eigenvalue weighted by atomic mass is 10.3. The lowest BCUT2D eigenvalue weighted by Gasteiger charge is -2.29. The number of hydrogen-bond acceptors (Lipinski definition) is 4. The quantitative estimate of drug-likeness (QED) is 0.459. The fraction of sp³-hybridized carbons (Fsp3) is 1.00. The minimum absolute atomic E-state index is 0.667.